The molecule has 3 heteroatoms. The van der Waals surface area contributed by atoms with E-state index in [1.165, 1.54) is 0 Å². The van der Waals surface area contributed by atoms with E-state index in [1.807, 2.05) is 4.90 Å². The molecule has 3 nitrogen and oxygen atoms in total. The molecule has 2 fully saturated rings. The van der Waals surface area contributed by atoms with Gasteiger partial charge < -0.3 is 10.6 Å². The molecule has 1 aliphatic carbocycles. The van der Waals surface area contributed by atoms with Gasteiger partial charge in [-0.2, -0.15) is 0 Å². The second-order valence-electron chi connectivity index (χ2n) is 5.24. The SMILES string of the molecule is CC1CN(C(=O)C2(C)CC2)CCC1N. The van der Waals surface area contributed by atoms with Crippen molar-refractivity contribution in [1.82, 2.24) is 4.90 Å². The Morgan fingerprint density at radius 1 is 1.50 bits per heavy atom. The Morgan fingerprint density at radius 2 is 2.14 bits per heavy atom. The van der Waals surface area contributed by atoms with E-state index < -0.39 is 0 Å². The molecule has 0 radical (unpaired) electrons. The minimum absolute atomic E-state index is 0.0127. The first-order chi connectivity index (χ1) is 6.53. The van der Waals surface area contributed by atoms with Crippen LogP contribution in [-0.4, -0.2) is 29.9 Å². The van der Waals surface area contributed by atoms with Gasteiger partial charge in [0, 0.05) is 24.5 Å². The summed E-state index contributed by atoms with van der Waals surface area (Å²) in [4.78, 5) is 14.0. The maximum absolute atomic E-state index is 12.0. The lowest BCUT2D eigenvalue weighted by molar-refractivity contribution is -0.138. The molecule has 1 saturated heterocycles. The predicted octanol–water partition coefficient (Wildman–Crippen LogP) is 0.982. The molecule has 0 aromatic heterocycles. The van der Waals surface area contributed by atoms with E-state index in [0.29, 0.717) is 11.8 Å². The highest BCUT2D eigenvalue weighted by atomic mass is 16.2. The average molecular weight is 196 g/mol. The molecule has 2 N–H and O–H groups in total. The van der Waals surface area contributed by atoms with Crippen molar-refractivity contribution in [3.05, 3.63) is 0 Å². The number of piperidine rings is 1. The normalized spacial score (nSPS) is 35.5. The third-order valence-corrected chi connectivity index (χ3v) is 3.78. The van der Waals surface area contributed by atoms with E-state index in [-0.39, 0.29) is 11.5 Å². The Bertz CT molecular complexity index is 248. The first kappa shape index (κ1) is 9.97. The largest absolute Gasteiger partial charge is 0.342 e. The van der Waals surface area contributed by atoms with Gasteiger partial charge in [-0.05, 0) is 25.2 Å². The van der Waals surface area contributed by atoms with E-state index in [9.17, 15) is 4.79 Å². The van der Waals surface area contributed by atoms with Crippen LogP contribution in [0.3, 0.4) is 0 Å². The molecule has 1 aliphatic heterocycles. The van der Waals surface area contributed by atoms with Crippen LogP contribution in [0.15, 0.2) is 0 Å². The molecule has 2 unspecified atom stereocenters. The predicted molar refractivity (Wildman–Crippen MR) is 55.7 cm³/mol. The van der Waals surface area contributed by atoms with Crippen LogP contribution in [0, 0.1) is 11.3 Å². The fraction of sp³-hybridized carbons (Fsp3) is 0.909. The van der Waals surface area contributed by atoms with Crippen LogP contribution in [0.4, 0.5) is 0 Å². The van der Waals surface area contributed by atoms with Crippen molar-refractivity contribution in [3.63, 3.8) is 0 Å². The van der Waals surface area contributed by atoms with E-state index in [0.717, 1.165) is 32.4 Å². The third-order valence-electron chi connectivity index (χ3n) is 3.78. The maximum atomic E-state index is 12.0. The molecule has 2 aliphatic rings. The van der Waals surface area contributed by atoms with E-state index in [4.69, 9.17) is 5.73 Å². The van der Waals surface area contributed by atoms with Gasteiger partial charge in [0.1, 0.15) is 0 Å². The Hall–Kier alpha value is -0.570. The Labute approximate surface area is 85.6 Å². The molecular weight excluding hydrogens is 176 g/mol. The molecule has 80 valence electrons. The van der Waals surface area contributed by atoms with Crippen LogP contribution in [-0.2, 0) is 4.79 Å². The average Bonchev–Trinajstić information content (AvgIpc) is 2.89. The molecule has 0 spiro atoms. The number of hydrogen-bond acceptors (Lipinski definition) is 2. The minimum Gasteiger partial charge on any atom is -0.342 e. The monoisotopic (exact) mass is 196 g/mol. The van der Waals surface area contributed by atoms with Crippen LogP contribution in [0.2, 0.25) is 0 Å². The molecular formula is C11H20N2O. The van der Waals surface area contributed by atoms with E-state index in [1.54, 1.807) is 0 Å². The van der Waals surface area contributed by atoms with Crippen LogP contribution < -0.4 is 5.73 Å². The van der Waals surface area contributed by atoms with Gasteiger partial charge in [0.15, 0.2) is 0 Å². The number of nitrogens with zero attached hydrogens (tertiary/aromatic N) is 1. The second kappa shape index (κ2) is 3.23. The number of hydrogen-bond donors (Lipinski definition) is 1. The number of rotatable bonds is 1. The van der Waals surface area contributed by atoms with Gasteiger partial charge in [-0.1, -0.05) is 13.8 Å². The topological polar surface area (TPSA) is 46.3 Å². The lowest BCUT2D eigenvalue weighted by Gasteiger charge is -2.36. The first-order valence-electron chi connectivity index (χ1n) is 5.58. The summed E-state index contributed by atoms with van der Waals surface area (Å²) in [6.45, 7) is 5.93. The lowest BCUT2D eigenvalue weighted by atomic mass is 9.93. The molecule has 0 aromatic carbocycles. The Morgan fingerprint density at radius 3 is 2.64 bits per heavy atom. The maximum Gasteiger partial charge on any atom is 0.228 e. The summed E-state index contributed by atoms with van der Waals surface area (Å²) in [7, 11) is 0. The van der Waals surface area contributed by atoms with Gasteiger partial charge in [-0.25, -0.2) is 0 Å². The smallest absolute Gasteiger partial charge is 0.228 e. The van der Waals surface area contributed by atoms with Gasteiger partial charge in [0.05, 0.1) is 0 Å². The van der Waals surface area contributed by atoms with Gasteiger partial charge in [0.25, 0.3) is 0 Å². The zero-order valence-electron chi connectivity index (χ0n) is 9.12. The zero-order valence-corrected chi connectivity index (χ0v) is 9.12. The number of nitrogens with two attached hydrogens (primary N) is 1. The summed E-state index contributed by atoms with van der Waals surface area (Å²) < 4.78 is 0. The van der Waals surface area contributed by atoms with Crippen molar-refractivity contribution >= 4 is 5.91 Å². The Balaban J connectivity index is 1.96. The summed E-state index contributed by atoms with van der Waals surface area (Å²) in [5, 5.41) is 0. The van der Waals surface area contributed by atoms with Gasteiger partial charge in [0.2, 0.25) is 5.91 Å². The third kappa shape index (κ3) is 1.65. The zero-order chi connectivity index (χ0) is 10.3. The van der Waals surface area contributed by atoms with E-state index >= 15 is 0 Å². The minimum atomic E-state index is -0.0127. The van der Waals surface area contributed by atoms with Crippen molar-refractivity contribution in [1.29, 1.82) is 0 Å². The number of amides is 1. The van der Waals surface area contributed by atoms with E-state index in [2.05, 4.69) is 13.8 Å². The molecule has 0 aromatic rings. The van der Waals surface area contributed by atoms with Crippen molar-refractivity contribution in [2.24, 2.45) is 17.1 Å². The second-order valence-corrected chi connectivity index (χ2v) is 5.24. The molecule has 14 heavy (non-hydrogen) atoms. The highest BCUT2D eigenvalue weighted by Crippen LogP contribution is 2.46. The summed E-state index contributed by atoms with van der Waals surface area (Å²) in [6, 6.07) is 0.283. The van der Waals surface area contributed by atoms with Crippen LogP contribution >= 0.6 is 0 Å². The van der Waals surface area contributed by atoms with Crippen molar-refractivity contribution in [2.75, 3.05) is 13.1 Å². The Kier molecular flexibility index (Phi) is 2.30. The molecule has 2 rings (SSSR count). The van der Waals surface area contributed by atoms with Crippen LogP contribution in [0.5, 0.6) is 0 Å². The van der Waals surface area contributed by atoms with Crippen molar-refractivity contribution in [2.45, 2.75) is 39.2 Å². The van der Waals surface area contributed by atoms with Crippen molar-refractivity contribution in [3.8, 4) is 0 Å². The number of carbonyl (C=O) groups excluding carboxylic acids is 1. The quantitative estimate of drug-likeness (QED) is 0.679. The van der Waals surface area contributed by atoms with Gasteiger partial charge in [-0.15, -0.1) is 0 Å². The van der Waals surface area contributed by atoms with Crippen LogP contribution in [0.25, 0.3) is 0 Å². The molecule has 2 atom stereocenters. The first-order valence-corrected chi connectivity index (χ1v) is 5.58. The molecule has 1 heterocycles. The molecule has 1 saturated carbocycles. The summed E-state index contributed by atoms with van der Waals surface area (Å²) in [5.41, 5.74) is 5.91. The van der Waals surface area contributed by atoms with Gasteiger partial charge >= 0.3 is 0 Å². The van der Waals surface area contributed by atoms with Crippen molar-refractivity contribution < 1.29 is 4.79 Å². The van der Waals surface area contributed by atoms with Gasteiger partial charge in [-0.3, -0.25) is 4.79 Å². The summed E-state index contributed by atoms with van der Waals surface area (Å²) in [5.74, 6) is 0.811. The number of carbonyl (C=O) groups is 1. The standard InChI is InChI=1S/C11H20N2O/c1-8-7-13(6-3-9(8)12)10(14)11(2)4-5-11/h8-9H,3-7,12H2,1-2H3. The molecule has 1 amide bonds. The molecule has 0 bridgehead atoms. The highest BCUT2D eigenvalue weighted by molar-refractivity contribution is 5.85. The fourth-order valence-corrected chi connectivity index (χ4v) is 2.13. The summed E-state index contributed by atoms with van der Waals surface area (Å²) in [6.07, 6.45) is 3.11. The highest BCUT2D eigenvalue weighted by Gasteiger charge is 2.47. The fourth-order valence-electron chi connectivity index (χ4n) is 2.13. The summed E-state index contributed by atoms with van der Waals surface area (Å²) >= 11 is 0. The lowest BCUT2D eigenvalue weighted by Crippen LogP contribution is -2.49. The number of likely N-dealkylation sites (tertiary alicyclic amines) is 1. The van der Waals surface area contributed by atoms with Crippen LogP contribution in [0.1, 0.15) is 33.1 Å².